The monoisotopic (exact) mass is 431 g/mol. The van der Waals surface area contributed by atoms with Crippen LogP contribution in [0.3, 0.4) is 0 Å². The van der Waals surface area contributed by atoms with E-state index in [1.165, 1.54) is 25.3 Å². The second-order valence-electron chi connectivity index (χ2n) is 6.93. The van der Waals surface area contributed by atoms with Crippen molar-refractivity contribution in [2.45, 2.75) is 6.61 Å². The second-order valence-corrected chi connectivity index (χ2v) is 6.93. The highest BCUT2D eigenvalue weighted by Crippen LogP contribution is 2.35. The molecule has 0 atom stereocenters. The minimum absolute atomic E-state index is 0.0717. The lowest BCUT2D eigenvalue weighted by atomic mass is 10.1. The number of hydrogen-bond acceptors (Lipinski definition) is 7. The molecule has 3 aromatic rings. The molecule has 160 valence electrons. The molecular formula is C24H17NO7. The third-order valence-electron chi connectivity index (χ3n) is 4.80. The smallest absolute Gasteiger partial charge is 0.337 e. The maximum Gasteiger partial charge on any atom is 0.337 e. The van der Waals surface area contributed by atoms with Gasteiger partial charge in [-0.3, -0.25) is 14.9 Å². The third-order valence-corrected chi connectivity index (χ3v) is 4.80. The number of hydrogen-bond donors (Lipinski definition) is 0. The van der Waals surface area contributed by atoms with Gasteiger partial charge in [0.2, 0.25) is 5.78 Å². The van der Waals surface area contributed by atoms with E-state index in [2.05, 4.69) is 4.74 Å². The number of Topliss-reactive ketones (excluding diaryl/α,β-unsaturated/α-hetero) is 1. The number of benzene rings is 3. The molecule has 1 aliphatic rings. The maximum absolute atomic E-state index is 12.6. The van der Waals surface area contributed by atoms with Gasteiger partial charge in [-0.25, -0.2) is 4.79 Å². The molecule has 0 spiro atoms. The van der Waals surface area contributed by atoms with E-state index in [4.69, 9.17) is 9.47 Å². The molecule has 0 aromatic heterocycles. The fraction of sp³-hybridized carbons (Fsp3) is 0.0833. The van der Waals surface area contributed by atoms with Crippen molar-refractivity contribution in [3.63, 3.8) is 0 Å². The zero-order valence-corrected chi connectivity index (χ0v) is 16.9. The fourth-order valence-corrected chi connectivity index (χ4v) is 3.16. The van der Waals surface area contributed by atoms with E-state index in [-0.39, 0.29) is 23.8 Å². The van der Waals surface area contributed by atoms with Gasteiger partial charge in [-0.1, -0.05) is 24.3 Å². The zero-order chi connectivity index (χ0) is 22.7. The molecule has 0 unspecified atom stereocenters. The van der Waals surface area contributed by atoms with Crippen LogP contribution >= 0.6 is 0 Å². The van der Waals surface area contributed by atoms with Gasteiger partial charge in [-0.05, 0) is 41.5 Å². The minimum Gasteiger partial charge on any atom is -0.489 e. The van der Waals surface area contributed by atoms with Gasteiger partial charge in [-0.15, -0.1) is 0 Å². The molecule has 8 heteroatoms. The number of nitro benzene ring substituents is 1. The van der Waals surface area contributed by atoms with Crippen molar-refractivity contribution >= 4 is 23.5 Å². The molecule has 0 saturated heterocycles. The first kappa shape index (κ1) is 20.8. The zero-order valence-electron chi connectivity index (χ0n) is 16.9. The standard InChI is InChI=1S/C24H17NO7/c1-30-24(27)17-7-5-15(6-8-17)14-31-19-9-10-20-21(13-19)32-22(23(20)26)12-16-3-2-4-18(11-16)25(28)29/h2-13H,14H2,1H3. The molecule has 0 aliphatic carbocycles. The molecule has 0 bridgehead atoms. The Morgan fingerprint density at radius 3 is 2.59 bits per heavy atom. The fourth-order valence-electron chi connectivity index (χ4n) is 3.16. The summed E-state index contributed by atoms with van der Waals surface area (Å²) in [6, 6.07) is 17.7. The highest BCUT2D eigenvalue weighted by Gasteiger charge is 2.28. The third kappa shape index (κ3) is 4.34. The van der Waals surface area contributed by atoms with Gasteiger partial charge in [0.1, 0.15) is 18.1 Å². The van der Waals surface area contributed by atoms with Crippen molar-refractivity contribution in [3.05, 3.63) is 105 Å². The number of ether oxygens (including phenoxy) is 3. The van der Waals surface area contributed by atoms with Crippen LogP contribution in [-0.2, 0) is 11.3 Å². The molecule has 8 nitrogen and oxygen atoms in total. The lowest BCUT2D eigenvalue weighted by Crippen LogP contribution is -2.02. The molecule has 0 amide bonds. The van der Waals surface area contributed by atoms with E-state index in [9.17, 15) is 19.7 Å². The summed E-state index contributed by atoms with van der Waals surface area (Å²) in [5, 5.41) is 10.9. The van der Waals surface area contributed by atoms with Gasteiger partial charge in [-0.2, -0.15) is 0 Å². The van der Waals surface area contributed by atoms with E-state index in [1.807, 2.05) is 0 Å². The van der Waals surface area contributed by atoms with Crippen molar-refractivity contribution in [3.8, 4) is 11.5 Å². The first-order valence-corrected chi connectivity index (χ1v) is 9.57. The SMILES string of the molecule is COC(=O)c1ccc(COc2ccc3c(c2)OC(=Cc2cccc([N+](=O)[O-])c2)C3=O)cc1. The van der Waals surface area contributed by atoms with Gasteiger partial charge in [0.15, 0.2) is 5.76 Å². The Morgan fingerprint density at radius 1 is 1.09 bits per heavy atom. The van der Waals surface area contributed by atoms with E-state index >= 15 is 0 Å². The normalized spacial score (nSPS) is 13.4. The summed E-state index contributed by atoms with van der Waals surface area (Å²) in [6.07, 6.45) is 1.47. The quantitative estimate of drug-likeness (QED) is 0.243. The molecule has 1 heterocycles. The largest absolute Gasteiger partial charge is 0.489 e. The Bertz CT molecular complexity index is 1250. The molecule has 1 aliphatic heterocycles. The molecule has 0 saturated carbocycles. The predicted molar refractivity (Wildman–Crippen MR) is 115 cm³/mol. The van der Waals surface area contributed by atoms with Crippen molar-refractivity contribution in [1.82, 2.24) is 0 Å². The van der Waals surface area contributed by atoms with E-state index in [0.29, 0.717) is 28.2 Å². The Kier molecular flexibility index (Phi) is 5.67. The number of carbonyl (C=O) groups is 2. The average molecular weight is 431 g/mol. The molecular weight excluding hydrogens is 414 g/mol. The lowest BCUT2D eigenvalue weighted by molar-refractivity contribution is -0.384. The van der Waals surface area contributed by atoms with Gasteiger partial charge in [0.25, 0.3) is 5.69 Å². The number of non-ortho nitro benzene ring substituents is 1. The topological polar surface area (TPSA) is 105 Å². The molecule has 3 aromatic carbocycles. The van der Waals surface area contributed by atoms with E-state index in [0.717, 1.165) is 5.56 Å². The number of rotatable bonds is 6. The Labute approximate surface area is 182 Å². The van der Waals surface area contributed by atoms with Crippen LogP contribution in [-0.4, -0.2) is 23.8 Å². The van der Waals surface area contributed by atoms with Gasteiger partial charge < -0.3 is 14.2 Å². The summed E-state index contributed by atoms with van der Waals surface area (Å²) in [7, 11) is 1.32. The van der Waals surface area contributed by atoms with Crippen molar-refractivity contribution < 1.29 is 28.7 Å². The maximum atomic E-state index is 12.6. The first-order chi connectivity index (χ1) is 15.4. The number of allylic oxidation sites excluding steroid dienone is 1. The van der Waals surface area contributed by atoms with Crippen LogP contribution in [0.4, 0.5) is 5.69 Å². The van der Waals surface area contributed by atoms with Crippen LogP contribution in [0.15, 0.2) is 72.5 Å². The predicted octanol–water partition coefficient (Wildman–Crippen LogP) is 4.58. The van der Waals surface area contributed by atoms with Gasteiger partial charge >= 0.3 is 5.97 Å². The van der Waals surface area contributed by atoms with E-state index < -0.39 is 10.9 Å². The number of nitro groups is 1. The number of fused-ring (bicyclic) bond motifs is 1. The number of nitrogens with zero attached hydrogens (tertiary/aromatic N) is 1. The van der Waals surface area contributed by atoms with Crippen molar-refractivity contribution in [1.29, 1.82) is 0 Å². The summed E-state index contributed by atoms with van der Waals surface area (Å²) in [5.41, 5.74) is 2.10. The molecule has 0 N–H and O–H groups in total. The Morgan fingerprint density at radius 2 is 1.88 bits per heavy atom. The number of ketones is 1. The van der Waals surface area contributed by atoms with Crippen LogP contribution in [0.5, 0.6) is 11.5 Å². The summed E-state index contributed by atoms with van der Waals surface area (Å²) < 4.78 is 16.1. The molecule has 0 radical (unpaired) electrons. The minimum atomic E-state index is -0.499. The molecule has 0 fully saturated rings. The summed E-state index contributed by atoms with van der Waals surface area (Å²) >= 11 is 0. The second kappa shape index (κ2) is 8.73. The number of methoxy groups -OCH3 is 1. The van der Waals surface area contributed by atoms with Gasteiger partial charge in [0.05, 0.1) is 23.2 Å². The van der Waals surface area contributed by atoms with E-state index in [1.54, 1.807) is 54.6 Å². The summed E-state index contributed by atoms with van der Waals surface area (Å²) in [5.74, 6) is 0.217. The van der Waals surface area contributed by atoms with Crippen LogP contribution < -0.4 is 9.47 Å². The van der Waals surface area contributed by atoms with Crippen molar-refractivity contribution in [2.24, 2.45) is 0 Å². The molecule has 4 rings (SSSR count). The van der Waals surface area contributed by atoms with Crippen LogP contribution in [0.1, 0.15) is 31.8 Å². The number of esters is 1. The van der Waals surface area contributed by atoms with Crippen LogP contribution in [0.25, 0.3) is 6.08 Å². The van der Waals surface area contributed by atoms with Crippen LogP contribution in [0.2, 0.25) is 0 Å². The average Bonchev–Trinajstić information content (AvgIpc) is 3.12. The van der Waals surface area contributed by atoms with Crippen molar-refractivity contribution in [2.75, 3.05) is 7.11 Å². The highest BCUT2D eigenvalue weighted by molar-refractivity contribution is 6.14. The van der Waals surface area contributed by atoms with Crippen LogP contribution in [0, 0.1) is 10.1 Å². The van der Waals surface area contributed by atoms with Gasteiger partial charge in [0, 0.05) is 18.2 Å². The summed E-state index contributed by atoms with van der Waals surface area (Å²) in [6.45, 7) is 0.255. The molecule has 32 heavy (non-hydrogen) atoms. The lowest BCUT2D eigenvalue weighted by Gasteiger charge is -2.08. The number of carbonyl (C=O) groups excluding carboxylic acids is 2. The Balaban J connectivity index is 1.46. The first-order valence-electron chi connectivity index (χ1n) is 9.57. The summed E-state index contributed by atoms with van der Waals surface area (Å²) in [4.78, 5) is 34.6. The highest BCUT2D eigenvalue weighted by atomic mass is 16.6. The Hall–Kier alpha value is -4.46.